The zero-order chi connectivity index (χ0) is 9.42. The van der Waals surface area contributed by atoms with Crippen molar-refractivity contribution in [1.29, 1.82) is 0 Å². The molecule has 1 aromatic carbocycles. The van der Waals surface area contributed by atoms with Gasteiger partial charge in [0.05, 0.1) is 5.02 Å². The molecule has 2 rings (SSSR count). The molecule has 1 aliphatic rings. The second-order valence-electron chi connectivity index (χ2n) is 3.51. The van der Waals surface area contributed by atoms with Crippen molar-refractivity contribution in [2.45, 2.75) is 25.8 Å². The normalized spacial score (nSPS) is 20.7. The van der Waals surface area contributed by atoms with Crippen molar-refractivity contribution in [2.24, 2.45) is 0 Å². The first-order valence-electron chi connectivity index (χ1n) is 4.41. The number of anilines is 1. The zero-order valence-electron chi connectivity index (χ0n) is 7.40. The van der Waals surface area contributed by atoms with Gasteiger partial charge in [-0.05, 0) is 53.4 Å². The van der Waals surface area contributed by atoms with E-state index in [9.17, 15) is 0 Å². The number of nitrogens with one attached hydrogen (secondary N) is 1. The van der Waals surface area contributed by atoms with Crippen molar-refractivity contribution < 1.29 is 0 Å². The standard InChI is InChI=1S/C10H11BrClN/c1-6-2-3-7-4-9(12)8(11)5-10(7)13-6/h4-6,13H,2-3H2,1H3. The fraction of sp³-hybridized carbons (Fsp3) is 0.400. The Bertz CT molecular complexity index is 338. The maximum atomic E-state index is 6.01. The lowest BCUT2D eigenvalue weighted by Crippen LogP contribution is -2.21. The van der Waals surface area contributed by atoms with E-state index in [1.807, 2.05) is 6.07 Å². The molecule has 0 spiro atoms. The highest BCUT2D eigenvalue weighted by molar-refractivity contribution is 9.10. The van der Waals surface area contributed by atoms with Gasteiger partial charge >= 0.3 is 0 Å². The molecular weight excluding hydrogens is 249 g/mol. The highest BCUT2D eigenvalue weighted by Crippen LogP contribution is 2.33. The summed E-state index contributed by atoms with van der Waals surface area (Å²) in [5, 5.41) is 4.24. The molecule has 1 nitrogen and oxygen atoms in total. The topological polar surface area (TPSA) is 12.0 Å². The van der Waals surface area contributed by atoms with Gasteiger partial charge in [0.25, 0.3) is 0 Å². The SMILES string of the molecule is CC1CCc2cc(Cl)c(Br)cc2N1. The predicted molar refractivity (Wildman–Crippen MR) is 60.6 cm³/mol. The number of hydrogen-bond acceptors (Lipinski definition) is 1. The molecule has 3 heteroatoms. The Kier molecular flexibility index (Phi) is 2.52. The first-order valence-corrected chi connectivity index (χ1v) is 5.58. The Balaban J connectivity index is 2.43. The summed E-state index contributed by atoms with van der Waals surface area (Å²) in [5.41, 5.74) is 2.54. The molecule has 1 heterocycles. The first kappa shape index (κ1) is 9.35. The smallest absolute Gasteiger partial charge is 0.0552 e. The third kappa shape index (κ3) is 1.84. The zero-order valence-corrected chi connectivity index (χ0v) is 9.74. The van der Waals surface area contributed by atoms with Crippen LogP contribution in [0, 0.1) is 0 Å². The lowest BCUT2D eigenvalue weighted by atomic mass is 9.99. The summed E-state index contributed by atoms with van der Waals surface area (Å²) in [6, 6.07) is 4.67. The molecule has 0 aromatic heterocycles. The molecule has 0 radical (unpaired) electrons. The Morgan fingerprint density at radius 2 is 2.31 bits per heavy atom. The van der Waals surface area contributed by atoms with Gasteiger partial charge in [0.2, 0.25) is 0 Å². The van der Waals surface area contributed by atoms with Crippen molar-refractivity contribution in [1.82, 2.24) is 0 Å². The maximum Gasteiger partial charge on any atom is 0.0552 e. The third-order valence-electron chi connectivity index (χ3n) is 2.39. The van der Waals surface area contributed by atoms with Crippen LogP contribution in [0.15, 0.2) is 16.6 Å². The van der Waals surface area contributed by atoms with E-state index in [0.717, 1.165) is 15.9 Å². The summed E-state index contributed by atoms with van der Waals surface area (Å²) < 4.78 is 0.967. The molecule has 0 aliphatic carbocycles. The highest BCUT2D eigenvalue weighted by atomic mass is 79.9. The molecule has 13 heavy (non-hydrogen) atoms. The third-order valence-corrected chi connectivity index (χ3v) is 3.59. The number of hydrogen-bond donors (Lipinski definition) is 1. The number of rotatable bonds is 0. The fourth-order valence-electron chi connectivity index (χ4n) is 1.64. The quantitative estimate of drug-likeness (QED) is 0.747. The van der Waals surface area contributed by atoms with E-state index in [1.165, 1.54) is 17.7 Å². The van der Waals surface area contributed by atoms with Crippen molar-refractivity contribution in [2.75, 3.05) is 5.32 Å². The molecule has 1 N–H and O–H groups in total. The van der Waals surface area contributed by atoms with Crippen LogP contribution in [-0.4, -0.2) is 6.04 Å². The summed E-state index contributed by atoms with van der Waals surface area (Å²) in [4.78, 5) is 0. The molecular formula is C10H11BrClN. The number of halogens is 2. The van der Waals surface area contributed by atoms with E-state index in [0.29, 0.717) is 6.04 Å². The fourth-order valence-corrected chi connectivity index (χ4v) is 2.17. The maximum absolute atomic E-state index is 6.01. The van der Waals surface area contributed by atoms with Crippen LogP contribution in [0.3, 0.4) is 0 Å². The molecule has 0 fully saturated rings. The minimum Gasteiger partial charge on any atom is -0.382 e. The second-order valence-corrected chi connectivity index (χ2v) is 4.77. The first-order chi connectivity index (χ1) is 6.16. The lowest BCUT2D eigenvalue weighted by Gasteiger charge is -2.24. The monoisotopic (exact) mass is 259 g/mol. The Morgan fingerprint density at radius 3 is 3.08 bits per heavy atom. The number of fused-ring (bicyclic) bond motifs is 1. The van der Waals surface area contributed by atoms with E-state index in [-0.39, 0.29) is 0 Å². The van der Waals surface area contributed by atoms with Crippen molar-refractivity contribution in [3.8, 4) is 0 Å². The molecule has 0 amide bonds. The molecule has 1 atom stereocenters. The molecule has 0 bridgehead atoms. The molecule has 0 saturated carbocycles. The van der Waals surface area contributed by atoms with Gasteiger partial charge in [-0.15, -0.1) is 0 Å². The van der Waals surface area contributed by atoms with Crippen molar-refractivity contribution >= 4 is 33.2 Å². The Morgan fingerprint density at radius 1 is 1.54 bits per heavy atom. The second kappa shape index (κ2) is 3.50. The van der Waals surface area contributed by atoms with Gasteiger partial charge in [-0.2, -0.15) is 0 Å². The van der Waals surface area contributed by atoms with Gasteiger partial charge in [-0.3, -0.25) is 0 Å². The van der Waals surface area contributed by atoms with Gasteiger partial charge in [0, 0.05) is 16.2 Å². The van der Waals surface area contributed by atoms with Crippen LogP contribution in [0.25, 0.3) is 0 Å². The Hall–Kier alpha value is -0.210. The van der Waals surface area contributed by atoms with Gasteiger partial charge in [0.15, 0.2) is 0 Å². The number of benzene rings is 1. The van der Waals surface area contributed by atoms with E-state index < -0.39 is 0 Å². The molecule has 1 aromatic rings. The lowest BCUT2D eigenvalue weighted by molar-refractivity contribution is 0.681. The van der Waals surface area contributed by atoms with Gasteiger partial charge in [-0.25, -0.2) is 0 Å². The minimum atomic E-state index is 0.570. The van der Waals surface area contributed by atoms with Crippen LogP contribution < -0.4 is 5.32 Å². The summed E-state index contributed by atoms with van der Waals surface area (Å²) in [5.74, 6) is 0. The highest BCUT2D eigenvalue weighted by Gasteiger charge is 2.15. The molecule has 0 saturated heterocycles. The van der Waals surface area contributed by atoms with Gasteiger partial charge in [-0.1, -0.05) is 11.6 Å². The van der Waals surface area contributed by atoms with E-state index in [1.54, 1.807) is 0 Å². The van der Waals surface area contributed by atoms with Crippen LogP contribution in [0.1, 0.15) is 18.9 Å². The summed E-state index contributed by atoms with van der Waals surface area (Å²) >= 11 is 9.43. The largest absolute Gasteiger partial charge is 0.382 e. The minimum absolute atomic E-state index is 0.570. The van der Waals surface area contributed by atoms with E-state index in [4.69, 9.17) is 11.6 Å². The van der Waals surface area contributed by atoms with Crippen LogP contribution in [0.4, 0.5) is 5.69 Å². The summed E-state index contributed by atoms with van der Waals surface area (Å²) in [6.07, 6.45) is 2.31. The van der Waals surface area contributed by atoms with Crippen LogP contribution in [-0.2, 0) is 6.42 Å². The molecule has 1 unspecified atom stereocenters. The van der Waals surface area contributed by atoms with Gasteiger partial charge < -0.3 is 5.32 Å². The summed E-state index contributed by atoms with van der Waals surface area (Å²) in [7, 11) is 0. The average molecular weight is 261 g/mol. The summed E-state index contributed by atoms with van der Waals surface area (Å²) in [6.45, 7) is 2.20. The number of aryl methyl sites for hydroxylation is 1. The van der Waals surface area contributed by atoms with E-state index in [2.05, 4.69) is 34.2 Å². The van der Waals surface area contributed by atoms with Crippen LogP contribution >= 0.6 is 27.5 Å². The molecule has 70 valence electrons. The van der Waals surface area contributed by atoms with Crippen molar-refractivity contribution in [3.63, 3.8) is 0 Å². The molecule has 1 aliphatic heterocycles. The van der Waals surface area contributed by atoms with Gasteiger partial charge in [0.1, 0.15) is 0 Å². The average Bonchev–Trinajstić information content (AvgIpc) is 2.08. The van der Waals surface area contributed by atoms with Crippen LogP contribution in [0.5, 0.6) is 0 Å². The van der Waals surface area contributed by atoms with Crippen LogP contribution in [0.2, 0.25) is 5.02 Å². The van der Waals surface area contributed by atoms with E-state index >= 15 is 0 Å². The Labute approximate surface area is 91.6 Å². The predicted octanol–water partition coefficient (Wildman–Crippen LogP) is 3.85. The van der Waals surface area contributed by atoms with Crippen molar-refractivity contribution in [3.05, 3.63) is 27.2 Å².